The molecule has 1 heterocycles. The number of rotatable bonds is 3. The molecule has 0 saturated heterocycles. The van der Waals surface area contributed by atoms with Crippen LogP contribution in [0.15, 0.2) is 126 Å². The van der Waals surface area contributed by atoms with E-state index in [-0.39, 0.29) is 0 Å². The van der Waals surface area contributed by atoms with Crippen molar-refractivity contribution in [3.63, 3.8) is 0 Å². The first kappa shape index (κ1) is 17.7. The molecule has 1 heteroatoms. The molecule has 6 aromatic rings. The predicted molar refractivity (Wildman–Crippen MR) is 130 cm³/mol. The fraction of sp³-hybridized carbons (Fsp3) is 0. The fourth-order valence-corrected chi connectivity index (χ4v) is 4.25. The van der Waals surface area contributed by atoms with Crippen molar-refractivity contribution in [3.8, 4) is 33.8 Å². The van der Waals surface area contributed by atoms with Gasteiger partial charge in [-0.25, -0.2) is 0 Å². The monoisotopic (exact) mass is 396 g/mol. The van der Waals surface area contributed by atoms with Crippen LogP contribution in [0.2, 0.25) is 0 Å². The Morgan fingerprint density at radius 1 is 0.387 bits per heavy atom. The van der Waals surface area contributed by atoms with Crippen LogP contribution in [-0.4, -0.2) is 0 Å². The van der Waals surface area contributed by atoms with E-state index in [1.54, 1.807) is 0 Å². The lowest BCUT2D eigenvalue weighted by Gasteiger charge is -2.06. The zero-order valence-corrected chi connectivity index (χ0v) is 17.0. The number of furan rings is 1. The first-order valence-corrected chi connectivity index (χ1v) is 10.5. The lowest BCUT2D eigenvalue weighted by atomic mass is 9.97. The minimum Gasteiger partial charge on any atom is -0.455 e. The van der Waals surface area contributed by atoms with Crippen molar-refractivity contribution in [2.45, 2.75) is 0 Å². The third-order valence-electron chi connectivity index (χ3n) is 5.86. The van der Waals surface area contributed by atoms with E-state index in [0.29, 0.717) is 0 Å². The van der Waals surface area contributed by atoms with E-state index >= 15 is 0 Å². The summed E-state index contributed by atoms with van der Waals surface area (Å²) in [6.07, 6.45) is 0. The molecule has 1 aromatic heterocycles. The van der Waals surface area contributed by atoms with Gasteiger partial charge in [-0.2, -0.15) is 0 Å². The Hall–Kier alpha value is -4.10. The Morgan fingerprint density at radius 3 is 1.61 bits per heavy atom. The molecule has 31 heavy (non-hydrogen) atoms. The Balaban J connectivity index is 1.58. The van der Waals surface area contributed by atoms with Crippen LogP contribution in [0.4, 0.5) is 0 Å². The van der Waals surface area contributed by atoms with Crippen LogP contribution in [0.25, 0.3) is 55.3 Å². The zero-order chi connectivity index (χ0) is 20.6. The van der Waals surface area contributed by atoms with E-state index in [0.717, 1.165) is 33.8 Å². The van der Waals surface area contributed by atoms with E-state index in [2.05, 4.69) is 103 Å². The predicted octanol–water partition coefficient (Wildman–Crippen LogP) is 8.59. The van der Waals surface area contributed by atoms with Gasteiger partial charge in [0, 0.05) is 16.7 Å². The Kier molecular flexibility index (Phi) is 4.18. The molecule has 0 aliphatic carbocycles. The van der Waals surface area contributed by atoms with E-state index in [1.807, 2.05) is 18.2 Å². The Labute approximate surface area is 181 Å². The number of hydrogen-bond donors (Lipinski definition) is 0. The molecule has 0 saturated carbocycles. The molecular formula is C30H20O. The maximum absolute atomic E-state index is 6.50. The lowest BCUT2D eigenvalue weighted by molar-refractivity contribution is 0.598. The molecule has 0 N–H and O–H groups in total. The molecule has 146 valence electrons. The molecular weight excluding hydrogens is 376 g/mol. The van der Waals surface area contributed by atoms with Crippen molar-refractivity contribution < 1.29 is 4.42 Å². The minimum absolute atomic E-state index is 0.881. The minimum atomic E-state index is 0.881. The molecule has 0 radical (unpaired) electrons. The standard InChI is InChI=1S/C30H20O/c1-2-10-23(11-3-1)29-20-28(26-16-14-21-8-4-6-12-24(21)18-26)30(31-29)27-17-15-22-9-5-7-13-25(22)19-27/h1-20H. The van der Waals surface area contributed by atoms with Gasteiger partial charge in [0.15, 0.2) is 0 Å². The third-order valence-corrected chi connectivity index (χ3v) is 5.86. The smallest absolute Gasteiger partial charge is 0.142 e. The largest absolute Gasteiger partial charge is 0.455 e. The van der Waals surface area contributed by atoms with Crippen LogP contribution < -0.4 is 0 Å². The second kappa shape index (κ2) is 7.30. The number of benzene rings is 5. The normalized spacial score (nSPS) is 11.2. The molecule has 6 rings (SSSR count). The summed E-state index contributed by atoms with van der Waals surface area (Å²) in [5.41, 5.74) is 4.44. The Morgan fingerprint density at radius 2 is 0.935 bits per heavy atom. The van der Waals surface area contributed by atoms with Gasteiger partial charge < -0.3 is 4.42 Å². The molecule has 0 unspecified atom stereocenters. The maximum atomic E-state index is 6.50. The molecule has 0 spiro atoms. The van der Waals surface area contributed by atoms with Crippen molar-refractivity contribution in [3.05, 3.63) is 121 Å². The number of hydrogen-bond acceptors (Lipinski definition) is 1. The third kappa shape index (κ3) is 3.21. The van der Waals surface area contributed by atoms with Crippen LogP contribution in [0.1, 0.15) is 0 Å². The molecule has 5 aromatic carbocycles. The van der Waals surface area contributed by atoms with E-state index in [4.69, 9.17) is 4.42 Å². The first-order chi connectivity index (χ1) is 15.3. The van der Waals surface area contributed by atoms with Gasteiger partial charge in [-0.05, 0) is 45.3 Å². The quantitative estimate of drug-likeness (QED) is 0.292. The lowest BCUT2D eigenvalue weighted by Crippen LogP contribution is -1.82. The van der Waals surface area contributed by atoms with Gasteiger partial charge in [-0.3, -0.25) is 0 Å². The van der Waals surface area contributed by atoms with Crippen LogP contribution >= 0.6 is 0 Å². The second-order valence-electron chi connectivity index (χ2n) is 7.84. The van der Waals surface area contributed by atoms with Crippen molar-refractivity contribution >= 4 is 21.5 Å². The van der Waals surface area contributed by atoms with Crippen molar-refractivity contribution in [1.82, 2.24) is 0 Å². The van der Waals surface area contributed by atoms with Crippen LogP contribution in [-0.2, 0) is 0 Å². The first-order valence-electron chi connectivity index (χ1n) is 10.5. The van der Waals surface area contributed by atoms with Gasteiger partial charge >= 0.3 is 0 Å². The van der Waals surface area contributed by atoms with Crippen molar-refractivity contribution in [1.29, 1.82) is 0 Å². The highest BCUT2D eigenvalue weighted by atomic mass is 16.3. The molecule has 0 fully saturated rings. The maximum Gasteiger partial charge on any atom is 0.142 e. The summed E-state index contributed by atoms with van der Waals surface area (Å²) in [6, 6.07) is 42.5. The average molecular weight is 396 g/mol. The highest BCUT2D eigenvalue weighted by Gasteiger charge is 2.17. The average Bonchev–Trinajstić information content (AvgIpc) is 3.30. The SMILES string of the molecule is c1ccc(-c2cc(-c3ccc4ccccc4c3)c(-c3ccc4ccccc4c3)o2)cc1. The molecule has 0 bridgehead atoms. The van der Waals surface area contributed by atoms with Gasteiger partial charge in [0.2, 0.25) is 0 Å². The van der Waals surface area contributed by atoms with E-state index in [1.165, 1.54) is 21.5 Å². The van der Waals surface area contributed by atoms with Crippen LogP contribution in [0.5, 0.6) is 0 Å². The van der Waals surface area contributed by atoms with E-state index in [9.17, 15) is 0 Å². The summed E-state index contributed by atoms with van der Waals surface area (Å²) >= 11 is 0. The van der Waals surface area contributed by atoms with Gasteiger partial charge in [0.05, 0.1) is 0 Å². The summed E-state index contributed by atoms with van der Waals surface area (Å²) < 4.78 is 6.50. The topological polar surface area (TPSA) is 13.1 Å². The summed E-state index contributed by atoms with van der Waals surface area (Å²) in [5.74, 6) is 1.78. The zero-order valence-electron chi connectivity index (χ0n) is 17.0. The number of fused-ring (bicyclic) bond motifs is 2. The fourth-order valence-electron chi connectivity index (χ4n) is 4.25. The Bertz CT molecular complexity index is 1430. The van der Waals surface area contributed by atoms with E-state index < -0.39 is 0 Å². The van der Waals surface area contributed by atoms with Gasteiger partial charge in [0.25, 0.3) is 0 Å². The molecule has 0 atom stereocenters. The highest BCUT2D eigenvalue weighted by molar-refractivity contribution is 5.93. The van der Waals surface area contributed by atoms with Crippen LogP contribution in [0, 0.1) is 0 Å². The van der Waals surface area contributed by atoms with Crippen molar-refractivity contribution in [2.24, 2.45) is 0 Å². The molecule has 0 aliphatic heterocycles. The molecule has 1 nitrogen and oxygen atoms in total. The van der Waals surface area contributed by atoms with Gasteiger partial charge in [-0.15, -0.1) is 0 Å². The van der Waals surface area contributed by atoms with Crippen molar-refractivity contribution in [2.75, 3.05) is 0 Å². The van der Waals surface area contributed by atoms with Gasteiger partial charge in [0.1, 0.15) is 11.5 Å². The molecule has 0 amide bonds. The van der Waals surface area contributed by atoms with Crippen LogP contribution in [0.3, 0.4) is 0 Å². The molecule has 0 aliphatic rings. The summed E-state index contributed by atoms with van der Waals surface area (Å²) in [4.78, 5) is 0. The second-order valence-corrected chi connectivity index (χ2v) is 7.84. The summed E-state index contributed by atoms with van der Waals surface area (Å²) in [6.45, 7) is 0. The van der Waals surface area contributed by atoms with Gasteiger partial charge in [-0.1, -0.05) is 103 Å². The summed E-state index contributed by atoms with van der Waals surface area (Å²) in [5, 5.41) is 4.91. The summed E-state index contributed by atoms with van der Waals surface area (Å²) in [7, 11) is 0. The highest BCUT2D eigenvalue weighted by Crippen LogP contribution is 2.40.